The number of hydrogen-bond acceptors (Lipinski definition) is 6. The number of rotatable bonds is 4. The van der Waals surface area contributed by atoms with E-state index < -0.39 is 23.1 Å². The molecule has 0 heterocycles. The molecule has 0 saturated heterocycles. The van der Waals surface area contributed by atoms with E-state index in [2.05, 4.69) is 0 Å². The minimum absolute atomic E-state index is 0.0555. The van der Waals surface area contributed by atoms with Crippen LogP contribution in [0.15, 0.2) is 12.2 Å². The fraction of sp³-hybridized carbons (Fsp3) is 0.231. The molecule has 2 N–H and O–H groups in total. The topological polar surface area (TPSA) is 93.1 Å². The molecule has 0 fully saturated rings. The molecule has 0 saturated carbocycles. The van der Waals surface area contributed by atoms with E-state index in [1.807, 2.05) is 0 Å². The zero-order chi connectivity index (χ0) is 14.9. The Kier molecular flexibility index (Phi) is 3.96. The molecule has 7 heteroatoms. The average molecular weight is 299 g/mol. The van der Waals surface area contributed by atoms with Crippen molar-refractivity contribution in [1.29, 1.82) is 0 Å². The summed E-state index contributed by atoms with van der Waals surface area (Å²) in [5, 5.41) is 19.7. The van der Waals surface area contributed by atoms with Crippen LogP contribution in [0, 0.1) is 0 Å². The van der Waals surface area contributed by atoms with E-state index in [1.165, 1.54) is 7.11 Å². The number of carbonyl (C=O) groups is 2. The number of ketones is 2. The SMILES string of the molecule is COCCOc1c(O)c2c(c(O)c1Cl)C(=O)C=CC2=O. The number of phenolic OH excluding ortho intramolecular Hbond substituents is 2. The second kappa shape index (κ2) is 5.52. The van der Waals surface area contributed by atoms with Crippen LogP contribution >= 0.6 is 11.6 Å². The van der Waals surface area contributed by atoms with Gasteiger partial charge in [-0.3, -0.25) is 9.59 Å². The average Bonchev–Trinajstić information content (AvgIpc) is 2.42. The molecule has 0 radical (unpaired) electrons. The molecule has 1 aliphatic carbocycles. The number of carbonyl (C=O) groups excluding carboxylic acids is 2. The fourth-order valence-corrected chi connectivity index (χ4v) is 2.07. The molecule has 2 rings (SSSR count). The molecule has 0 amide bonds. The third-order valence-corrected chi connectivity index (χ3v) is 3.11. The first-order valence-corrected chi connectivity index (χ1v) is 6.02. The number of methoxy groups -OCH3 is 1. The van der Waals surface area contributed by atoms with Crippen molar-refractivity contribution < 1.29 is 29.3 Å². The lowest BCUT2D eigenvalue weighted by Gasteiger charge is -2.18. The van der Waals surface area contributed by atoms with Gasteiger partial charge in [0.05, 0.1) is 17.7 Å². The van der Waals surface area contributed by atoms with E-state index in [4.69, 9.17) is 21.1 Å². The number of fused-ring (bicyclic) bond motifs is 1. The molecule has 0 bridgehead atoms. The summed E-state index contributed by atoms with van der Waals surface area (Å²) in [5.41, 5.74) is -0.633. The lowest BCUT2D eigenvalue weighted by molar-refractivity contribution is 0.0987. The van der Waals surface area contributed by atoms with Gasteiger partial charge >= 0.3 is 0 Å². The molecule has 1 aromatic rings. The van der Waals surface area contributed by atoms with Crippen LogP contribution in [0.25, 0.3) is 0 Å². The Bertz CT molecular complexity index is 620. The van der Waals surface area contributed by atoms with Crippen LogP contribution in [-0.4, -0.2) is 42.1 Å². The minimum Gasteiger partial charge on any atom is -0.505 e. The van der Waals surface area contributed by atoms with E-state index in [1.54, 1.807) is 0 Å². The van der Waals surface area contributed by atoms with E-state index in [0.29, 0.717) is 0 Å². The van der Waals surface area contributed by atoms with Gasteiger partial charge in [-0.15, -0.1) is 0 Å². The van der Waals surface area contributed by atoms with Crippen LogP contribution in [0.5, 0.6) is 17.2 Å². The number of ether oxygens (including phenoxy) is 2. The quantitative estimate of drug-likeness (QED) is 0.649. The van der Waals surface area contributed by atoms with Crippen molar-refractivity contribution in [2.75, 3.05) is 20.3 Å². The monoisotopic (exact) mass is 298 g/mol. The predicted molar refractivity (Wildman–Crippen MR) is 70.0 cm³/mol. The number of benzene rings is 1. The van der Waals surface area contributed by atoms with Crippen LogP contribution < -0.4 is 4.74 Å². The number of phenols is 2. The highest BCUT2D eigenvalue weighted by molar-refractivity contribution is 6.36. The number of allylic oxidation sites excluding steroid dienone is 2. The van der Waals surface area contributed by atoms with Crippen molar-refractivity contribution >= 4 is 23.2 Å². The molecule has 0 aromatic heterocycles. The summed E-state index contributed by atoms with van der Waals surface area (Å²) in [5.74, 6) is -2.63. The third-order valence-electron chi connectivity index (χ3n) is 2.76. The number of halogens is 1. The summed E-state index contributed by atoms with van der Waals surface area (Å²) < 4.78 is 9.96. The van der Waals surface area contributed by atoms with Crippen molar-refractivity contribution in [3.8, 4) is 17.2 Å². The molecule has 20 heavy (non-hydrogen) atoms. The first kappa shape index (κ1) is 14.4. The maximum Gasteiger partial charge on any atom is 0.190 e. The van der Waals surface area contributed by atoms with E-state index in [0.717, 1.165) is 12.2 Å². The lowest BCUT2D eigenvalue weighted by atomic mass is 9.92. The van der Waals surface area contributed by atoms with Gasteiger partial charge in [0.15, 0.2) is 23.1 Å². The normalized spacial score (nSPS) is 13.5. The molecule has 0 spiro atoms. The van der Waals surface area contributed by atoms with Crippen molar-refractivity contribution in [3.05, 3.63) is 28.3 Å². The van der Waals surface area contributed by atoms with Gasteiger partial charge in [-0.25, -0.2) is 0 Å². The standard InChI is InChI=1S/C13H11ClO6/c1-19-4-5-20-13-10(14)11(17)8-6(15)2-3-7(16)9(8)12(13)18/h2-3,17-18H,4-5H2,1H3. The number of hydrogen-bond donors (Lipinski definition) is 2. The first-order valence-electron chi connectivity index (χ1n) is 5.64. The molecule has 0 aliphatic heterocycles. The van der Waals surface area contributed by atoms with Gasteiger partial charge in [0, 0.05) is 7.11 Å². The Morgan fingerprint density at radius 1 is 1.05 bits per heavy atom. The van der Waals surface area contributed by atoms with Crippen LogP contribution in [0.4, 0.5) is 0 Å². The summed E-state index contributed by atoms with van der Waals surface area (Å²) in [6.07, 6.45) is 2.02. The van der Waals surface area contributed by atoms with Gasteiger partial charge in [0.2, 0.25) is 0 Å². The smallest absolute Gasteiger partial charge is 0.190 e. The molecule has 0 unspecified atom stereocenters. The zero-order valence-electron chi connectivity index (χ0n) is 10.5. The lowest BCUT2D eigenvalue weighted by Crippen LogP contribution is -2.14. The van der Waals surface area contributed by atoms with Crippen LogP contribution in [-0.2, 0) is 4.74 Å². The highest BCUT2D eigenvalue weighted by Crippen LogP contribution is 2.47. The molecule has 1 aliphatic rings. The second-order valence-corrected chi connectivity index (χ2v) is 4.37. The van der Waals surface area contributed by atoms with Gasteiger partial charge in [0.1, 0.15) is 17.4 Å². The summed E-state index contributed by atoms with van der Waals surface area (Å²) in [7, 11) is 1.46. The van der Waals surface area contributed by atoms with Crippen LogP contribution in [0.3, 0.4) is 0 Å². The van der Waals surface area contributed by atoms with E-state index >= 15 is 0 Å². The molecular formula is C13H11ClO6. The summed E-state index contributed by atoms with van der Waals surface area (Å²) >= 11 is 5.86. The maximum atomic E-state index is 11.8. The molecule has 1 aromatic carbocycles. The second-order valence-electron chi connectivity index (χ2n) is 3.99. The highest BCUT2D eigenvalue weighted by Gasteiger charge is 2.32. The maximum absolute atomic E-state index is 11.8. The molecule has 0 atom stereocenters. The Morgan fingerprint density at radius 3 is 2.15 bits per heavy atom. The van der Waals surface area contributed by atoms with Gasteiger partial charge in [-0.1, -0.05) is 11.6 Å². The van der Waals surface area contributed by atoms with Crippen molar-refractivity contribution in [2.45, 2.75) is 0 Å². The minimum atomic E-state index is -0.613. The van der Waals surface area contributed by atoms with Crippen molar-refractivity contribution in [3.63, 3.8) is 0 Å². The Labute approximate surface area is 119 Å². The first-order chi connectivity index (χ1) is 9.49. The van der Waals surface area contributed by atoms with Crippen LogP contribution in [0.1, 0.15) is 20.7 Å². The fourth-order valence-electron chi connectivity index (χ4n) is 1.83. The summed E-state index contributed by atoms with van der Waals surface area (Å²) in [6, 6.07) is 0. The Morgan fingerprint density at radius 2 is 1.60 bits per heavy atom. The molecule has 6 nitrogen and oxygen atoms in total. The Hall–Kier alpha value is -2.05. The Balaban J connectivity index is 2.58. The third kappa shape index (κ3) is 2.23. The van der Waals surface area contributed by atoms with Gasteiger partial charge in [-0.05, 0) is 12.2 Å². The summed E-state index contributed by atoms with van der Waals surface area (Å²) in [4.78, 5) is 23.5. The van der Waals surface area contributed by atoms with Gasteiger partial charge in [-0.2, -0.15) is 0 Å². The van der Waals surface area contributed by atoms with Crippen molar-refractivity contribution in [2.24, 2.45) is 0 Å². The zero-order valence-corrected chi connectivity index (χ0v) is 11.2. The predicted octanol–water partition coefficient (Wildman–Crippen LogP) is 1.71. The molecular weight excluding hydrogens is 288 g/mol. The van der Waals surface area contributed by atoms with Crippen LogP contribution in [0.2, 0.25) is 5.02 Å². The van der Waals surface area contributed by atoms with Gasteiger partial charge in [0.25, 0.3) is 0 Å². The van der Waals surface area contributed by atoms with E-state index in [9.17, 15) is 19.8 Å². The van der Waals surface area contributed by atoms with E-state index in [-0.39, 0.29) is 35.1 Å². The summed E-state index contributed by atoms with van der Waals surface area (Å²) in [6.45, 7) is 0.278. The largest absolute Gasteiger partial charge is 0.505 e. The van der Waals surface area contributed by atoms with Gasteiger partial charge < -0.3 is 19.7 Å². The molecule has 106 valence electrons. The highest BCUT2D eigenvalue weighted by atomic mass is 35.5. The number of aromatic hydroxyl groups is 2. The van der Waals surface area contributed by atoms with Crippen molar-refractivity contribution in [1.82, 2.24) is 0 Å².